The Morgan fingerprint density at radius 1 is 1.04 bits per heavy atom. The summed E-state index contributed by atoms with van der Waals surface area (Å²) in [5.41, 5.74) is 1.49. The molecule has 2 amide bonds. The molecular weight excluding hydrogens is 361 g/mol. The van der Waals surface area contributed by atoms with Crippen LogP contribution >= 0.6 is 0 Å². The van der Waals surface area contributed by atoms with Crippen molar-refractivity contribution in [3.8, 4) is 5.75 Å². The Bertz CT molecular complexity index is 835. The number of carbonyl (C=O) groups is 2. The molecule has 2 aromatic rings. The summed E-state index contributed by atoms with van der Waals surface area (Å²) in [5, 5.41) is 2.59. The van der Waals surface area contributed by atoms with Gasteiger partial charge in [0.1, 0.15) is 11.6 Å². The third-order valence-corrected chi connectivity index (χ3v) is 4.82. The molecule has 0 saturated carbocycles. The van der Waals surface area contributed by atoms with Crippen LogP contribution in [0.5, 0.6) is 5.75 Å². The third-order valence-electron chi connectivity index (χ3n) is 4.82. The predicted molar refractivity (Wildman–Crippen MR) is 105 cm³/mol. The molecule has 0 bridgehead atoms. The molecule has 2 aromatic carbocycles. The molecular formula is C21H24FN3O3. The van der Waals surface area contributed by atoms with Gasteiger partial charge >= 0.3 is 11.8 Å². The molecule has 1 aliphatic rings. The number of piperazine rings is 1. The lowest BCUT2D eigenvalue weighted by molar-refractivity contribution is -0.146. The number of benzene rings is 2. The Balaban J connectivity index is 1.48. The largest absolute Gasteiger partial charge is 0.495 e. The first-order valence-corrected chi connectivity index (χ1v) is 9.28. The summed E-state index contributed by atoms with van der Waals surface area (Å²) in [6.07, 6.45) is 0.341. The summed E-state index contributed by atoms with van der Waals surface area (Å²) < 4.78 is 19.0. The molecule has 1 aliphatic heterocycles. The number of nitrogens with zero attached hydrogens (tertiary/aromatic N) is 2. The van der Waals surface area contributed by atoms with Crippen LogP contribution in [0.25, 0.3) is 0 Å². The first-order chi connectivity index (χ1) is 13.6. The van der Waals surface area contributed by atoms with Gasteiger partial charge in [-0.15, -0.1) is 0 Å². The van der Waals surface area contributed by atoms with Crippen molar-refractivity contribution in [2.45, 2.75) is 6.42 Å². The van der Waals surface area contributed by atoms with Crippen molar-refractivity contribution in [3.05, 3.63) is 59.9 Å². The van der Waals surface area contributed by atoms with Crippen molar-refractivity contribution in [1.82, 2.24) is 10.2 Å². The summed E-state index contributed by atoms with van der Waals surface area (Å²) in [5.74, 6) is -0.723. The van der Waals surface area contributed by atoms with Crippen LogP contribution in [0, 0.1) is 5.82 Å². The minimum atomic E-state index is -0.651. The predicted octanol–water partition coefficient (Wildman–Crippen LogP) is 1.84. The third kappa shape index (κ3) is 4.60. The lowest BCUT2D eigenvalue weighted by Crippen LogP contribution is -2.52. The Kier molecular flexibility index (Phi) is 6.47. The summed E-state index contributed by atoms with van der Waals surface area (Å²) >= 11 is 0. The summed E-state index contributed by atoms with van der Waals surface area (Å²) in [6.45, 7) is 2.37. The Labute approximate surface area is 163 Å². The minimum absolute atomic E-state index is 0.215. The number of carbonyl (C=O) groups excluding carboxylic acids is 2. The summed E-state index contributed by atoms with van der Waals surface area (Å²) in [6, 6.07) is 14.1. The standard InChI is InChI=1S/C21H24FN3O3/c1-28-19-9-5-4-8-18(19)24-12-14-25(15-13-24)21(27)20(26)23-11-10-16-6-2-3-7-17(16)22/h2-9H,10-15H2,1H3,(H,23,26). The molecule has 0 aliphatic carbocycles. The van der Waals surface area contributed by atoms with Crippen LogP contribution in [0.2, 0.25) is 0 Å². The van der Waals surface area contributed by atoms with Gasteiger partial charge in [-0.05, 0) is 30.2 Å². The van der Waals surface area contributed by atoms with E-state index in [9.17, 15) is 14.0 Å². The highest BCUT2D eigenvalue weighted by molar-refractivity contribution is 6.35. The lowest BCUT2D eigenvalue weighted by atomic mass is 10.1. The zero-order chi connectivity index (χ0) is 19.9. The van der Waals surface area contributed by atoms with Gasteiger partial charge in [0.05, 0.1) is 12.8 Å². The highest BCUT2D eigenvalue weighted by Gasteiger charge is 2.26. The number of anilines is 1. The number of rotatable bonds is 5. The smallest absolute Gasteiger partial charge is 0.312 e. The van der Waals surface area contributed by atoms with Crippen LogP contribution < -0.4 is 15.0 Å². The second-order valence-corrected chi connectivity index (χ2v) is 6.55. The van der Waals surface area contributed by atoms with E-state index in [2.05, 4.69) is 10.2 Å². The number of ether oxygens (including phenoxy) is 1. The molecule has 6 nitrogen and oxygen atoms in total. The maximum absolute atomic E-state index is 13.6. The van der Waals surface area contributed by atoms with Crippen molar-refractivity contribution < 1.29 is 18.7 Å². The van der Waals surface area contributed by atoms with Crippen molar-refractivity contribution >= 4 is 17.5 Å². The molecule has 148 valence electrons. The zero-order valence-electron chi connectivity index (χ0n) is 15.9. The van der Waals surface area contributed by atoms with E-state index in [4.69, 9.17) is 4.74 Å². The zero-order valence-corrected chi connectivity index (χ0v) is 15.9. The SMILES string of the molecule is COc1ccccc1N1CCN(C(=O)C(=O)NCCc2ccccc2F)CC1. The van der Waals surface area contributed by atoms with E-state index in [0.717, 1.165) is 11.4 Å². The molecule has 3 rings (SSSR count). The van der Waals surface area contributed by atoms with Crippen LogP contribution in [-0.2, 0) is 16.0 Å². The van der Waals surface area contributed by atoms with Crippen molar-refractivity contribution in [3.63, 3.8) is 0 Å². The topological polar surface area (TPSA) is 61.9 Å². The second kappa shape index (κ2) is 9.21. The maximum Gasteiger partial charge on any atom is 0.312 e. The van der Waals surface area contributed by atoms with Gasteiger partial charge in [0.25, 0.3) is 0 Å². The molecule has 0 spiro atoms. The van der Waals surface area contributed by atoms with Crippen LogP contribution in [0.4, 0.5) is 10.1 Å². The van der Waals surface area contributed by atoms with Crippen molar-refractivity contribution in [2.24, 2.45) is 0 Å². The number of hydrogen-bond donors (Lipinski definition) is 1. The van der Waals surface area contributed by atoms with E-state index in [0.29, 0.717) is 38.2 Å². The summed E-state index contributed by atoms with van der Waals surface area (Å²) in [4.78, 5) is 28.2. The van der Waals surface area contributed by atoms with Gasteiger partial charge in [0.15, 0.2) is 0 Å². The van der Waals surface area contributed by atoms with E-state index in [1.54, 1.807) is 30.2 Å². The van der Waals surface area contributed by atoms with E-state index >= 15 is 0 Å². The monoisotopic (exact) mass is 385 g/mol. The number of para-hydroxylation sites is 2. The molecule has 0 unspecified atom stereocenters. The van der Waals surface area contributed by atoms with Crippen LogP contribution in [0.3, 0.4) is 0 Å². The normalized spacial score (nSPS) is 13.9. The van der Waals surface area contributed by atoms with Gasteiger partial charge in [0, 0.05) is 32.7 Å². The molecule has 7 heteroatoms. The number of amides is 2. The van der Waals surface area contributed by atoms with Crippen LogP contribution in [0.15, 0.2) is 48.5 Å². The van der Waals surface area contributed by atoms with Crippen LogP contribution in [0.1, 0.15) is 5.56 Å². The quantitative estimate of drug-likeness (QED) is 0.798. The van der Waals surface area contributed by atoms with Gasteiger partial charge < -0.3 is 19.9 Å². The van der Waals surface area contributed by atoms with Gasteiger partial charge in [0.2, 0.25) is 0 Å². The fourth-order valence-corrected chi connectivity index (χ4v) is 3.27. The highest BCUT2D eigenvalue weighted by Crippen LogP contribution is 2.28. The molecule has 1 saturated heterocycles. The van der Waals surface area contributed by atoms with E-state index in [1.165, 1.54) is 6.07 Å². The number of methoxy groups -OCH3 is 1. The van der Waals surface area contributed by atoms with Gasteiger partial charge in [-0.25, -0.2) is 4.39 Å². The summed E-state index contributed by atoms with van der Waals surface area (Å²) in [7, 11) is 1.63. The van der Waals surface area contributed by atoms with Crippen molar-refractivity contribution in [2.75, 3.05) is 44.7 Å². The van der Waals surface area contributed by atoms with Gasteiger partial charge in [-0.3, -0.25) is 9.59 Å². The van der Waals surface area contributed by atoms with Crippen molar-refractivity contribution in [1.29, 1.82) is 0 Å². The number of hydrogen-bond acceptors (Lipinski definition) is 4. The fraction of sp³-hybridized carbons (Fsp3) is 0.333. The lowest BCUT2D eigenvalue weighted by Gasteiger charge is -2.36. The molecule has 28 heavy (non-hydrogen) atoms. The molecule has 1 N–H and O–H groups in total. The maximum atomic E-state index is 13.6. The Hall–Kier alpha value is -3.09. The first kappa shape index (κ1) is 19.7. The van der Waals surface area contributed by atoms with E-state index < -0.39 is 11.8 Å². The van der Waals surface area contributed by atoms with Gasteiger partial charge in [-0.2, -0.15) is 0 Å². The first-order valence-electron chi connectivity index (χ1n) is 9.28. The molecule has 0 aromatic heterocycles. The van der Waals surface area contributed by atoms with Crippen LogP contribution in [-0.4, -0.2) is 56.5 Å². The number of halogens is 1. The van der Waals surface area contributed by atoms with E-state index in [1.807, 2.05) is 24.3 Å². The van der Waals surface area contributed by atoms with E-state index in [-0.39, 0.29) is 12.4 Å². The average Bonchev–Trinajstić information content (AvgIpc) is 2.74. The molecule has 0 atom stereocenters. The minimum Gasteiger partial charge on any atom is -0.495 e. The fourth-order valence-electron chi connectivity index (χ4n) is 3.27. The highest BCUT2D eigenvalue weighted by atomic mass is 19.1. The van der Waals surface area contributed by atoms with Gasteiger partial charge in [-0.1, -0.05) is 30.3 Å². The number of nitrogens with one attached hydrogen (secondary N) is 1. The Morgan fingerprint density at radius 2 is 1.71 bits per heavy atom. The molecule has 1 heterocycles. The molecule has 0 radical (unpaired) electrons. The average molecular weight is 385 g/mol. The second-order valence-electron chi connectivity index (χ2n) is 6.55. The Morgan fingerprint density at radius 3 is 2.43 bits per heavy atom. The molecule has 1 fully saturated rings.